The molecule has 0 unspecified atom stereocenters. The zero-order valence-electron chi connectivity index (χ0n) is 13.8. The molecule has 0 radical (unpaired) electrons. The van der Waals surface area contributed by atoms with Crippen molar-refractivity contribution in [2.45, 2.75) is 70.0 Å². The molecule has 0 bridgehead atoms. The number of amides is 1. The fourth-order valence-corrected chi connectivity index (χ4v) is 3.44. The Morgan fingerprint density at radius 1 is 1.15 bits per heavy atom. The summed E-state index contributed by atoms with van der Waals surface area (Å²) >= 11 is 0. The average molecular weight is 281 g/mol. The number of likely N-dealkylation sites (tertiary alicyclic amines) is 1. The van der Waals surface area contributed by atoms with Gasteiger partial charge < -0.3 is 10.2 Å². The summed E-state index contributed by atoms with van der Waals surface area (Å²) in [5.74, 6) is 0.245. The lowest BCUT2D eigenvalue weighted by molar-refractivity contribution is -0.140. The average Bonchev–Trinajstić information content (AvgIpc) is 2.26. The monoisotopic (exact) mass is 281 g/mol. The van der Waals surface area contributed by atoms with E-state index in [1.54, 1.807) is 0 Å². The first-order chi connectivity index (χ1) is 9.29. The van der Waals surface area contributed by atoms with Crippen LogP contribution in [0.2, 0.25) is 0 Å². The molecule has 4 nitrogen and oxygen atoms in total. The summed E-state index contributed by atoms with van der Waals surface area (Å²) in [7, 11) is 4.06. The minimum absolute atomic E-state index is 0.0267. The summed E-state index contributed by atoms with van der Waals surface area (Å²) in [6, 6.07) is 0.606. The lowest BCUT2D eigenvalue weighted by Gasteiger charge is -2.49. The van der Waals surface area contributed by atoms with E-state index in [0.29, 0.717) is 6.04 Å². The Labute approximate surface area is 123 Å². The molecule has 1 heterocycles. The molecule has 2 rings (SSSR count). The van der Waals surface area contributed by atoms with Gasteiger partial charge in [0.2, 0.25) is 5.91 Å². The number of carbonyl (C=O) groups excluding carboxylic acids is 1. The van der Waals surface area contributed by atoms with Crippen molar-refractivity contribution >= 4 is 5.91 Å². The maximum absolute atomic E-state index is 12.7. The number of carbonyl (C=O) groups is 1. The highest BCUT2D eigenvalue weighted by Gasteiger charge is 2.48. The minimum Gasteiger partial charge on any atom is -0.349 e. The molecule has 2 aliphatic rings. The van der Waals surface area contributed by atoms with E-state index in [4.69, 9.17) is 0 Å². The third kappa shape index (κ3) is 2.86. The second kappa shape index (κ2) is 5.64. The van der Waals surface area contributed by atoms with Crippen molar-refractivity contribution in [1.82, 2.24) is 15.1 Å². The van der Waals surface area contributed by atoms with Crippen molar-refractivity contribution < 1.29 is 4.79 Å². The van der Waals surface area contributed by atoms with Crippen LogP contribution in [0.15, 0.2) is 0 Å². The van der Waals surface area contributed by atoms with Crippen LogP contribution in [0.4, 0.5) is 0 Å². The molecule has 20 heavy (non-hydrogen) atoms. The van der Waals surface area contributed by atoms with Crippen LogP contribution in [0.25, 0.3) is 0 Å². The molecule has 0 aromatic carbocycles. The highest BCUT2D eigenvalue weighted by molar-refractivity contribution is 5.87. The van der Waals surface area contributed by atoms with Crippen molar-refractivity contribution in [2.75, 3.05) is 27.2 Å². The van der Waals surface area contributed by atoms with Gasteiger partial charge in [0.25, 0.3) is 0 Å². The first kappa shape index (κ1) is 15.8. The highest BCUT2D eigenvalue weighted by Crippen LogP contribution is 2.37. The summed E-state index contributed by atoms with van der Waals surface area (Å²) < 4.78 is 0. The first-order valence-corrected chi connectivity index (χ1v) is 8.03. The molecule has 4 heteroatoms. The van der Waals surface area contributed by atoms with E-state index in [1.807, 2.05) is 14.1 Å². The van der Waals surface area contributed by atoms with Gasteiger partial charge in [0.15, 0.2) is 0 Å². The van der Waals surface area contributed by atoms with Gasteiger partial charge in [-0.25, -0.2) is 0 Å². The molecule has 0 spiro atoms. The molecule has 0 aromatic rings. The van der Waals surface area contributed by atoms with Gasteiger partial charge in [-0.15, -0.1) is 0 Å². The lowest BCUT2D eigenvalue weighted by Crippen LogP contribution is -2.65. The van der Waals surface area contributed by atoms with E-state index in [0.717, 1.165) is 38.8 Å². The fraction of sp³-hybridized carbons (Fsp3) is 0.938. The highest BCUT2D eigenvalue weighted by atomic mass is 16.2. The molecule has 1 N–H and O–H groups in total. The van der Waals surface area contributed by atoms with Crippen LogP contribution in [0, 0.1) is 0 Å². The molecular formula is C16H31N3O. The Morgan fingerprint density at radius 3 is 2.05 bits per heavy atom. The van der Waals surface area contributed by atoms with Crippen molar-refractivity contribution in [3.63, 3.8) is 0 Å². The molecule has 2 fully saturated rings. The second-order valence-corrected chi connectivity index (χ2v) is 7.42. The van der Waals surface area contributed by atoms with Gasteiger partial charge in [-0.05, 0) is 67.0 Å². The maximum atomic E-state index is 12.7. The van der Waals surface area contributed by atoms with E-state index >= 15 is 0 Å². The number of piperidine rings is 1. The number of rotatable bonds is 4. The zero-order valence-corrected chi connectivity index (χ0v) is 13.8. The Kier molecular flexibility index (Phi) is 4.45. The summed E-state index contributed by atoms with van der Waals surface area (Å²) in [5, 5.41) is 3.37. The first-order valence-electron chi connectivity index (χ1n) is 8.03. The van der Waals surface area contributed by atoms with Gasteiger partial charge in [0, 0.05) is 24.7 Å². The Hall–Kier alpha value is -0.610. The van der Waals surface area contributed by atoms with E-state index in [9.17, 15) is 4.79 Å². The van der Waals surface area contributed by atoms with Crippen LogP contribution in [0.5, 0.6) is 0 Å². The quantitative estimate of drug-likeness (QED) is 0.854. The van der Waals surface area contributed by atoms with E-state index in [-0.39, 0.29) is 17.0 Å². The van der Waals surface area contributed by atoms with Gasteiger partial charge in [-0.1, -0.05) is 0 Å². The van der Waals surface area contributed by atoms with Crippen molar-refractivity contribution in [1.29, 1.82) is 0 Å². The molecule has 1 aliphatic heterocycles. The van der Waals surface area contributed by atoms with E-state index in [2.05, 4.69) is 35.9 Å². The lowest BCUT2D eigenvalue weighted by atomic mass is 9.74. The van der Waals surface area contributed by atoms with Crippen LogP contribution in [0.1, 0.15) is 52.9 Å². The topological polar surface area (TPSA) is 35.6 Å². The van der Waals surface area contributed by atoms with Crippen molar-refractivity contribution in [3.8, 4) is 0 Å². The smallest absolute Gasteiger partial charge is 0.240 e. The van der Waals surface area contributed by atoms with Gasteiger partial charge >= 0.3 is 0 Å². The predicted octanol–water partition coefficient (Wildman–Crippen LogP) is 1.85. The van der Waals surface area contributed by atoms with E-state index in [1.165, 1.54) is 6.42 Å². The van der Waals surface area contributed by atoms with Crippen molar-refractivity contribution in [3.05, 3.63) is 0 Å². The third-order valence-corrected chi connectivity index (χ3v) is 5.51. The zero-order chi connectivity index (χ0) is 15.0. The third-order valence-electron chi connectivity index (χ3n) is 5.51. The summed E-state index contributed by atoms with van der Waals surface area (Å²) in [6.07, 6.45) is 5.28. The number of likely N-dealkylation sites (N-methyl/N-ethyl adjacent to an activating group) is 1. The van der Waals surface area contributed by atoms with Crippen LogP contribution in [-0.4, -0.2) is 60.0 Å². The van der Waals surface area contributed by atoms with Crippen LogP contribution in [-0.2, 0) is 4.79 Å². The van der Waals surface area contributed by atoms with Gasteiger partial charge in [-0.3, -0.25) is 9.69 Å². The van der Waals surface area contributed by atoms with Gasteiger partial charge in [-0.2, -0.15) is 0 Å². The molecule has 0 atom stereocenters. The van der Waals surface area contributed by atoms with Crippen LogP contribution < -0.4 is 5.32 Å². The Morgan fingerprint density at radius 2 is 1.70 bits per heavy atom. The number of hydrogen-bond donors (Lipinski definition) is 1. The SMILES string of the molecule is CC(C)N1CCC(C)(NC(=O)C2(N(C)C)CCC2)CC1. The summed E-state index contributed by atoms with van der Waals surface area (Å²) in [4.78, 5) is 17.3. The molecule has 1 aliphatic carbocycles. The van der Waals surface area contributed by atoms with Crippen molar-refractivity contribution in [2.24, 2.45) is 0 Å². The van der Waals surface area contributed by atoms with E-state index < -0.39 is 0 Å². The number of hydrogen-bond acceptors (Lipinski definition) is 3. The predicted molar refractivity (Wildman–Crippen MR) is 82.8 cm³/mol. The number of nitrogens with one attached hydrogen (secondary N) is 1. The Bertz CT molecular complexity index is 353. The minimum atomic E-state index is -0.238. The second-order valence-electron chi connectivity index (χ2n) is 7.42. The van der Waals surface area contributed by atoms with Crippen LogP contribution >= 0.6 is 0 Å². The molecule has 1 saturated carbocycles. The summed E-state index contributed by atoms with van der Waals surface area (Å²) in [6.45, 7) is 8.88. The van der Waals surface area contributed by atoms with Gasteiger partial charge in [0.05, 0.1) is 5.54 Å². The normalized spacial score (nSPS) is 25.6. The molecular weight excluding hydrogens is 250 g/mol. The molecule has 1 amide bonds. The number of nitrogens with zero attached hydrogens (tertiary/aromatic N) is 2. The molecule has 0 aromatic heterocycles. The fourth-order valence-electron chi connectivity index (χ4n) is 3.44. The standard InChI is InChI=1S/C16H31N3O/c1-13(2)19-11-9-15(3,10-12-19)17-14(20)16(18(4)5)7-6-8-16/h13H,6-12H2,1-5H3,(H,17,20). The van der Waals surface area contributed by atoms with Gasteiger partial charge in [0.1, 0.15) is 0 Å². The maximum Gasteiger partial charge on any atom is 0.240 e. The van der Waals surface area contributed by atoms with Crippen LogP contribution in [0.3, 0.4) is 0 Å². The summed E-state index contributed by atoms with van der Waals surface area (Å²) in [5.41, 5.74) is -0.265. The largest absolute Gasteiger partial charge is 0.349 e. The molecule has 116 valence electrons. The molecule has 1 saturated heterocycles. The Balaban J connectivity index is 1.94.